The van der Waals surface area contributed by atoms with E-state index in [1.54, 1.807) is 0 Å². The molecule has 0 aliphatic heterocycles. The summed E-state index contributed by atoms with van der Waals surface area (Å²) in [6, 6.07) is 40.5. The highest BCUT2D eigenvalue weighted by atomic mass is 14.2. The van der Waals surface area contributed by atoms with E-state index >= 15 is 0 Å². The number of fused-ring (bicyclic) bond motifs is 5. The molecule has 0 saturated heterocycles. The van der Waals surface area contributed by atoms with E-state index in [-0.39, 0.29) is 0 Å². The molecule has 0 saturated carbocycles. The monoisotopic (exact) mass is 436 g/mol. The first kappa shape index (κ1) is 20.7. The van der Waals surface area contributed by atoms with E-state index in [1.807, 2.05) is 0 Å². The smallest absolute Gasteiger partial charge is 0.00673 e. The largest absolute Gasteiger partial charge is 0.0616 e. The third kappa shape index (κ3) is 3.38. The number of hydrogen-bond donors (Lipinski definition) is 0. The molecule has 0 bridgehead atoms. The van der Waals surface area contributed by atoms with Crippen molar-refractivity contribution >= 4 is 32.3 Å². The van der Waals surface area contributed by atoms with Crippen LogP contribution in [0.3, 0.4) is 0 Å². The molecule has 6 rings (SSSR count). The highest BCUT2D eigenvalue weighted by Gasteiger charge is 2.17. The van der Waals surface area contributed by atoms with Crippen molar-refractivity contribution in [3.63, 3.8) is 0 Å². The fourth-order valence-electron chi connectivity index (χ4n) is 5.34. The van der Waals surface area contributed by atoms with Crippen molar-refractivity contribution < 1.29 is 0 Å². The second-order valence-corrected chi connectivity index (χ2v) is 9.57. The SMILES string of the molecule is Cc1ccc(-c2cc3c4ccccc4c(C(C)c4ccc(C)cc4)cc3c3ccccc23)cc1. The van der Waals surface area contributed by atoms with E-state index < -0.39 is 0 Å². The molecule has 34 heavy (non-hydrogen) atoms. The second-order valence-electron chi connectivity index (χ2n) is 9.57. The summed E-state index contributed by atoms with van der Waals surface area (Å²) >= 11 is 0. The molecule has 0 aliphatic rings. The van der Waals surface area contributed by atoms with Crippen LogP contribution in [0.1, 0.15) is 35.1 Å². The third-order valence-corrected chi connectivity index (χ3v) is 7.32. The van der Waals surface area contributed by atoms with Gasteiger partial charge in [0.2, 0.25) is 0 Å². The number of hydrogen-bond acceptors (Lipinski definition) is 0. The van der Waals surface area contributed by atoms with Crippen LogP contribution in [0, 0.1) is 13.8 Å². The molecular weight excluding hydrogens is 408 g/mol. The minimum absolute atomic E-state index is 0.311. The van der Waals surface area contributed by atoms with Crippen LogP contribution < -0.4 is 0 Å². The summed E-state index contributed by atoms with van der Waals surface area (Å²) < 4.78 is 0. The first-order valence-corrected chi connectivity index (χ1v) is 12.1. The Balaban J connectivity index is 1.70. The van der Waals surface area contributed by atoms with Crippen LogP contribution >= 0.6 is 0 Å². The van der Waals surface area contributed by atoms with Gasteiger partial charge in [-0.3, -0.25) is 0 Å². The zero-order valence-electron chi connectivity index (χ0n) is 20.0. The summed E-state index contributed by atoms with van der Waals surface area (Å²) in [6.45, 7) is 6.63. The van der Waals surface area contributed by atoms with Gasteiger partial charge in [0.1, 0.15) is 0 Å². The van der Waals surface area contributed by atoms with Crippen LogP contribution in [-0.4, -0.2) is 0 Å². The molecule has 0 aromatic heterocycles. The molecule has 1 atom stereocenters. The van der Waals surface area contributed by atoms with Crippen molar-refractivity contribution in [2.75, 3.05) is 0 Å². The normalized spacial score (nSPS) is 12.4. The van der Waals surface area contributed by atoms with Gasteiger partial charge < -0.3 is 0 Å². The Bertz CT molecular complexity index is 1650. The zero-order valence-corrected chi connectivity index (χ0v) is 20.0. The Morgan fingerprint density at radius 3 is 1.62 bits per heavy atom. The average Bonchev–Trinajstić information content (AvgIpc) is 2.88. The van der Waals surface area contributed by atoms with Gasteiger partial charge in [-0.25, -0.2) is 0 Å². The van der Waals surface area contributed by atoms with Gasteiger partial charge in [0, 0.05) is 5.92 Å². The van der Waals surface area contributed by atoms with Crippen LogP contribution in [0.2, 0.25) is 0 Å². The molecule has 0 aliphatic carbocycles. The lowest BCUT2D eigenvalue weighted by Gasteiger charge is -2.19. The second kappa shape index (κ2) is 8.15. The van der Waals surface area contributed by atoms with Crippen LogP contribution in [0.4, 0.5) is 0 Å². The van der Waals surface area contributed by atoms with Crippen LogP contribution in [-0.2, 0) is 0 Å². The maximum Gasteiger partial charge on any atom is 0.00673 e. The molecule has 0 heterocycles. The summed E-state index contributed by atoms with van der Waals surface area (Å²) in [5.41, 5.74) is 7.90. The van der Waals surface area contributed by atoms with Crippen molar-refractivity contribution in [1.82, 2.24) is 0 Å². The van der Waals surface area contributed by atoms with Crippen molar-refractivity contribution in [3.8, 4) is 11.1 Å². The molecule has 0 N–H and O–H groups in total. The topological polar surface area (TPSA) is 0 Å². The number of aryl methyl sites for hydroxylation is 2. The van der Waals surface area contributed by atoms with Gasteiger partial charge in [0.15, 0.2) is 0 Å². The van der Waals surface area contributed by atoms with Crippen molar-refractivity contribution in [1.29, 1.82) is 0 Å². The molecule has 6 aromatic carbocycles. The van der Waals surface area contributed by atoms with Crippen molar-refractivity contribution in [2.24, 2.45) is 0 Å². The summed E-state index contributed by atoms with van der Waals surface area (Å²) in [5.74, 6) is 0.311. The molecule has 0 fully saturated rings. The lowest BCUT2D eigenvalue weighted by molar-refractivity contribution is 0.934. The summed E-state index contributed by atoms with van der Waals surface area (Å²) in [4.78, 5) is 0. The van der Waals surface area contributed by atoms with E-state index in [4.69, 9.17) is 0 Å². The van der Waals surface area contributed by atoms with Crippen molar-refractivity contribution in [3.05, 3.63) is 131 Å². The molecule has 0 radical (unpaired) electrons. The number of benzene rings is 6. The quantitative estimate of drug-likeness (QED) is 0.242. The highest BCUT2D eigenvalue weighted by Crippen LogP contribution is 2.41. The Morgan fingerprint density at radius 2 is 0.971 bits per heavy atom. The average molecular weight is 437 g/mol. The summed E-state index contributed by atoms with van der Waals surface area (Å²) in [6.07, 6.45) is 0. The molecule has 0 amide bonds. The Hall–Kier alpha value is -3.90. The molecule has 1 unspecified atom stereocenters. The third-order valence-electron chi connectivity index (χ3n) is 7.32. The van der Waals surface area contributed by atoms with Gasteiger partial charge in [-0.05, 0) is 80.6 Å². The van der Waals surface area contributed by atoms with Gasteiger partial charge in [-0.2, -0.15) is 0 Å². The fraction of sp³-hybridized carbons (Fsp3) is 0.118. The van der Waals surface area contributed by atoms with Gasteiger partial charge in [-0.15, -0.1) is 0 Å². The Morgan fingerprint density at radius 1 is 0.471 bits per heavy atom. The van der Waals surface area contributed by atoms with Gasteiger partial charge in [-0.1, -0.05) is 115 Å². The minimum Gasteiger partial charge on any atom is -0.0616 e. The maximum absolute atomic E-state index is 2.45. The van der Waals surface area contributed by atoms with Crippen LogP contribution in [0.5, 0.6) is 0 Å². The van der Waals surface area contributed by atoms with Gasteiger partial charge in [0.05, 0.1) is 0 Å². The van der Waals surface area contributed by atoms with Gasteiger partial charge in [0.25, 0.3) is 0 Å². The van der Waals surface area contributed by atoms with E-state index in [9.17, 15) is 0 Å². The first-order valence-electron chi connectivity index (χ1n) is 12.1. The standard InChI is InChI=1S/C34H28/c1-22-12-16-25(17-13-22)24(3)31-20-33-30-11-7-5-9-28(30)32(26-18-14-23(2)15-19-26)21-34(33)29-10-6-4-8-27(29)31/h4-21,24H,1-3H3. The lowest BCUT2D eigenvalue weighted by Crippen LogP contribution is -1.98. The first-order chi connectivity index (χ1) is 16.6. The molecular formula is C34H28. The van der Waals surface area contributed by atoms with E-state index in [0.717, 1.165) is 0 Å². The zero-order chi connectivity index (χ0) is 23.2. The lowest BCUT2D eigenvalue weighted by atomic mass is 9.84. The molecule has 164 valence electrons. The molecule has 0 spiro atoms. The van der Waals surface area contributed by atoms with Crippen molar-refractivity contribution in [2.45, 2.75) is 26.7 Å². The van der Waals surface area contributed by atoms with Gasteiger partial charge >= 0.3 is 0 Å². The molecule has 6 aromatic rings. The van der Waals surface area contributed by atoms with Crippen LogP contribution in [0.15, 0.2) is 109 Å². The highest BCUT2D eigenvalue weighted by molar-refractivity contribution is 6.21. The summed E-state index contributed by atoms with van der Waals surface area (Å²) in [7, 11) is 0. The number of rotatable bonds is 3. The summed E-state index contributed by atoms with van der Waals surface area (Å²) in [5, 5.41) is 7.95. The van der Waals surface area contributed by atoms with E-state index in [2.05, 4.69) is 130 Å². The predicted molar refractivity (Wildman–Crippen MR) is 148 cm³/mol. The predicted octanol–water partition coefficient (Wildman–Crippen LogP) is 9.58. The van der Waals surface area contributed by atoms with Crippen LogP contribution in [0.25, 0.3) is 43.4 Å². The maximum atomic E-state index is 2.45. The molecule has 0 nitrogen and oxygen atoms in total. The Labute approximate surface area is 201 Å². The van der Waals surface area contributed by atoms with E-state index in [0.29, 0.717) is 5.92 Å². The minimum atomic E-state index is 0.311. The Kier molecular flexibility index (Phi) is 4.96. The molecule has 0 heteroatoms. The van der Waals surface area contributed by atoms with E-state index in [1.165, 1.54) is 65.7 Å². The fourth-order valence-corrected chi connectivity index (χ4v) is 5.34.